The van der Waals surface area contributed by atoms with Crippen molar-refractivity contribution in [2.75, 3.05) is 0 Å². The van der Waals surface area contributed by atoms with Crippen LogP contribution in [-0.2, 0) is 0 Å². The number of aryl methyl sites for hydroxylation is 1. The van der Waals surface area contributed by atoms with Gasteiger partial charge in [-0.1, -0.05) is 18.6 Å². The third-order valence-electron chi connectivity index (χ3n) is 4.88. The molecule has 0 unspecified atom stereocenters. The molecule has 0 bridgehead atoms. The standard InChI is InChI=1S/C18H24O2/c1-10-6-12(3)17-13(7-10)16-14(19)8-11(2)9-15(16)20-18(17,4)5/h7-9,12-13,17,19H,6H2,1-5H3/t12-,13-,17+/m0/s1. The molecule has 1 aliphatic carbocycles. The van der Waals surface area contributed by atoms with Crippen LogP contribution in [0.2, 0.25) is 0 Å². The van der Waals surface area contributed by atoms with Crippen LogP contribution in [0.25, 0.3) is 0 Å². The first-order chi connectivity index (χ1) is 9.29. The highest BCUT2D eigenvalue weighted by Crippen LogP contribution is 2.55. The highest BCUT2D eigenvalue weighted by atomic mass is 16.5. The lowest BCUT2D eigenvalue weighted by Crippen LogP contribution is -2.48. The van der Waals surface area contributed by atoms with E-state index >= 15 is 0 Å². The maximum Gasteiger partial charge on any atom is 0.127 e. The van der Waals surface area contributed by atoms with E-state index in [2.05, 4.69) is 39.8 Å². The van der Waals surface area contributed by atoms with E-state index < -0.39 is 0 Å². The van der Waals surface area contributed by atoms with Crippen molar-refractivity contribution in [1.82, 2.24) is 0 Å². The zero-order chi connectivity index (χ0) is 14.7. The van der Waals surface area contributed by atoms with Gasteiger partial charge in [-0.05, 0) is 57.7 Å². The summed E-state index contributed by atoms with van der Waals surface area (Å²) >= 11 is 0. The molecule has 0 spiro atoms. The molecule has 20 heavy (non-hydrogen) atoms. The first-order valence-electron chi connectivity index (χ1n) is 7.49. The van der Waals surface area contributed by atoms with Crippen molar-refractivity contribution in [2.45, 2.75) is 52.6 Å². The Balaban J connectivity index is 2.23. The number of fused-ring (bicyclic) bond motifs is 3. The number of ether oxygens (including phenoxy) is 1. The predicted octanol–water partition coefficient (Wildman–Crippen LogP) is 4.56. The van der Waals surface area contributed by atoms with Crippen LogP contribution in [-0.4, -0.2) is 10.7 Å². The normalized spacial score (nSPS) is 30.9. The molecule has 0 aromatic heterocycles. The number of allylic oxidation sites excluding steroid dienone is 2. The Bertz CT molecular complexity index is 583. The van der Waals surface area contributed by atoms with Gasteiger partial charge in [0.1, 0.15) is 17.1 Å². The van der Waals surface area contributed by atoms with Crippen LogP contribution >= 0.6 is 0 Å². The van der Waals surface area contributed by atoms with Crippen LogP contribution in [0, 0.1) is 18.8 Å². The minimum Gasteiger partial charge on any atom is -0.507 e. The van der Waals surface area contributed by atoms with E-state index in [9.17, 15) is 5.11 Å². The summed E-state index contributed by atoms with van der Waals surface area (Å²) in [6, 6.07) is 3.90. The number of hydrogen-bond acceptors (Lipinski definition) is 2. The van der Waals surface area contributed by atoms with Crippen molar-refractivity contribution in [3.8, 4) is 11.5 Å². The number of hydrogen-bond donors (Lipinski definition) is 1. The average Bonchev–Trinajstić information content (AvgIpc) is 2.24. The molecule has 0 saturated heterocycles. The molecule has 108 valence electrons. The molecule has 0 radical (unpaired) electrons. The molecule has 3 rings (SSSR count). The topological polar surface area (TPSA) is 29.5 Å². The van der Waals surface area contributed by atoms with Crippen molar-refractivity contribution in [1.29, 1.82) is 0 Å². The number of phenols is 1. The second-order valence-electron chi connectivity index (χ2n) is 7.15. The molecule has 2 heteroatoms. The zero-order valence-electron chi connectivity index (χ0n) is 13.0. The van der Waals surface area contributed by atoms with Gasteiger partial charge in [0.25, 0.3) is 0 Å². The maximum absolute atomic E-state index is 10.4. The van der Waals surface area contributed by atoms with Crippen LogP contribution in [0.15, 0.2) is 23.8 Å². The first kappa shape index (κ1) is 13.5. The second kappa shape index (κ2) is 4.28. The van der Waals surface area contributed by atoms with Crippen LogP contribution in [0.5, 0.6) is 11.5 Å². The minimum atomic E-state index is -0.200. The summed E-state index contributed by atoms with van der Waals surface area (Å²) in [5.41, 5.74) is 3.24. The minimum absolute atomic E-state index is 0.200. The number of phenolic OH excluding ortho intramolecular Hbond substituents is 1. The molecule has 1 aromatic rings. The first-order valence-corrected chi connectivity index (χ1v) is 7.49. The van der Waals surface area contributed by atoms with Gasteiger partial charge in [-0.25, -0.2) is 0 Å². The molecule has 0 saturated carbocycles. The Labute approximate surface area is 121 Å². The lowest BCUT2D eigenvalue weighted by atomic mass is 9.63. The Morgan fingerprint density at radius 3 is 2.65 bits per heavy atom. The Hall–Kier alpha value is -1.44. The third kappa shape index (κ3) is 1.93. The van der Waals surface area contributed by atoms with Crippen molar-refractivity contribution in [2.24, 2.45) is 11.8 Å². The number of rotatable bonds is 0. The molecule has 0 fully saturated rings. The Morgan fingerprint density at radius 2 is 1.95 bits per heavy atom. The molecular weight excluding hydrogens is 248 g/mol. The van der Waals surface area contributed by atoms with Crippen molar-refractivity contribution >= 4 is 0 Å². The fraction of sp³-hybridized carbons (Fsp3) is 0.556. The lowest BCUT2D eigenvalue weighted by Gasteiger charge is -2.49. The fourth-order valence-corrected chi connectivity index (χ4v) is 4.36. The van der Waals surface area contributed by atoms with E-state index in [1.807, 2.05) is 13.0 Å². The Morgan fingerprint density at radius 1 is 1.25 bits per heavy atom. The SMILES string of the molecule is CC1=C[C@H]2c3c(O)cc(C)cc3OC(C)(C)[C@@H]2[C@@H](C)C1. The van der Waals surface area contributed by atoms with Gasteiger partial charge in [0.15, 0.2) is 0 Å². The van der Waals surface area contributed by atoms with Gasteiger partial charge in [0.05, 0.1) is 0 Å². The van der Waals surface area contributed by atoms with Crippen LogP contribution in [0.1, 0.15) is 51.2 Å². The number of benzene rings is 1. The lowest BCUT2D eigenvalue weighted by molar-refractivity contribution is -0.0120. The van der Waals surface area contributed by atoms with Crippen LogP contribution < -0.4 is 4.74 Å². The molecule has 1 N–H and O–H groups in total. The van der Waals surface area contributed by atoms with E-state index in [0.29, 0.717) is 17.6 Å². The highest BCUT2D eigenvalue weighted by molar-refractivity contribution is 5.53. The van der Waals surface area contributed by atoms with Crippen LogP contribution in [0.4, 0.5) is 0 Å². The summed E-state index contributed by atoms with van der Waals surface area (Å²) in [4.78, 5) is 0. The van der Waals surface area contributed by atoms with Gasteiger partial charge in [-0.2, -0.15) is 0 Å². The second-order valence-corrected chi connectivity index (χ2v) is 7.15. The summed E-state index contributed by atoms with van der Waals surface area (Å²) in [6.45, 7) is 10.8. The zero-order valence-corrected chi connectivity index (χ0v) is 13.0. The fourth-order valence-electron chi connectivity index (χ4n) is 4.36. The predicted molar refractivity (Wildman–Crippen MR) is 81.3 cm³/mol. The third-order valence-corrected chi connectivity index (χ3v) is 4.88. The van der Waals surface area contributed by atoms with E-state index in [1.165, 1.54) is 5.57 Å². The van der Waals surface area contributed by atoms with Crippen LogP contribution in [0.3, 0.4) is 0 Å². The molecule has 0 amide bonds. The smallest absolute Gasteiger partial charge is 0.127 e. The molecule has 1 aliphatic heterocycles. The van der Waals surface area contributed by atoms with Gasteiger partial charge in [-0.15, -0.1) is 0 Å². The summed E-state index contributed by atoms with van der Waals surface area (Å²) in [7, 11) is 0. The van der Waals surface area contributed by atoms with Crippen molar-refractivity contribution in [3.05, 3.63) is 34.9 Å². The molecule has 2 nitrogen and oxygen atoms in total. The summed E-state index contributed by atoms with van der Waals surface area (Å²) in [5, 5.41) is 10.4. The summed E-state index contributed by atoms with van der Waals surface area (Å²) < 4.78 is 6.27. The highest BCUT2D eigenvalue weighted by Gasteiger charge is 2.48. The van der Waals surface area contributed by atoms with E-state index in [0.717, 1.165) is 23.3 Å². The van der Waals surface area contributed by atoms with Crippen molar-refractivity contribution < 1.29 is 9.84 Å². The van der Waals surface area contributed by atoms with E-state index in [1.54, 1.807) is 0 Å². The van der Waals surface area contributed by atoms with E-state index in [4.69, 9.17) is 4.74 Å². The molecule has 2 aliphatic rings. The quantitative estimate of drug-likeness (QED) is 0.702. The van der Waals surface area contributed by atoms with E-state index in [-0.39, 0.29) is 11.5 Å². The molecule has 1 aromatic carbocycles. The Kier molecular flexibility index (Phi) is 2.89. The van der Waals surface area contributed by atoms with Gasteiger partial charge in [0, 0.05) is 17.4 Å². The van der Waals surface area contributed by atoms with Crippen molar-refractivity contribution in [3.63, 3.8) is 0 Å². The van der Waals surface area contributed by atoms with Gasteiger partial charge in [0.2, 0.25) is 0 Å². The summed E-state index contributed by atoms with van der Waals surface area (Å²) in [6.07, 6.45) is 3.46. The van der Waals surface area contributed by atoms with Gasteiger partial charge < -0.3 is 9.84 Å². The van der Waals surface area contributed by atoms with Gasteiger partial charge in [-0.3, -0.25) is 0 Å². The largest absolute Gasteiger partial charge is 0.507 e. The van der Waals surface area contributed by atoms with Gasteiger partial charge >= 0.3 is 0 Å². The average molecular weight is 272 g/mol. The maximum atomic E-state index is 10.4. The molecular formula is C18H24O2. The number of aromatic hydroxyl groups is 1. The molecule has 3 atom stereocenters. The summed E-state index contributed by atoms with van der Waals surface area (Å²) in [5.74, 6) is 2.47. The molecule has 1 heterocycles. The monoisotopic (exact) mass is 272 g/mol.